The van der Waals surface area contributed by atoms with Crippen LogP contribution in [-0.4, -0.2) is 23.6 Å². The number of hydrogen-bond acceptors (Lipinski definition) is 4. The summed E-state index contributed by atoms with van der Waals surface area (Å²) in [6.07, 6.45) is 1.15. The lowest BCUT2D eigenvalue weighted by atomic mass is 10.2. The van der Waals surface area contributed by atoms with Crippen LogP contribution in [0, 0.1) is 0 Å². The zero-order valence-corrected chi connectivity index (χ0v) is 6.56. The molecule has 0 aliphatic heterocycles. The van der Waals surface area contributed by atoms with Crippen LogP contribution in [0.5, 0.6) is 11.5 Å². The Morgan fingerprint density at radius 3 is 2.75 bits per heavy atom. The Hall–Kier alpha value is -1.71. The van der Waals surface area contributed by atoms with E-state index in [1.54, 1.807) is 12.1 Å². The van der Waals surface area contributed by atoms with Crippen molar-refractivity contribution in [2.75, 3.05) is 7.11 Å². The molecule has 0 fully saturated rings. The quantitative estimate of drug-likeness (QED) is 0.395. The van der Waals surface area contributed by atoms with E-state index < -0.39 is 0 Å². The predicted molar refractivity (Wildman–Crippen MR) is 44.0 cm³/mol. The van der Waals surface area contributed by atoms with Crippen molar-refractivity contribution in [1.29, 1.82) is 0 Å². The molecule has 1 aromatic rings. The number of methoxy groups -OCH3 is 1. The molecule has 1 aromatic carbocycles. The van der Waals surface area contributed by atoms with Crippen LogP contribution < -0.4 is 4.74 Å². The molecule has 0 saturated heterocycles. The molecule has 0 aliphatic carbocycles. The van der Waals surface area contributed by atoms with E-state index in [2.05, 4.69) is 5.16 Å². The molecule has 0 radical (unpaired) electrons. The molecule has 0 spiro atoms. The highest BCUT2D eigenvalue weighted by molar-refractivity contribution is 5.83. The Labute approximate surface area is 69.7 Å². The fourth-order valence-corrected chi connectivity index (χ4v) is 0.822. The first-order chi connectivity index (χ1) is 5.77. The van der Waals surface area contributed by atoms with Crippen molar-refractivity contribution < 1.29 is 15.1 Å². The minimum absolute atomic E-state index is 0.0205. The number of benzene rings is 1. The van der Waals surface area contributed by atoms with Crippen LogP contribution in [-0.2, 0) is 0 Å². The van der Waals surface area contributed by atoms with Crippen LogP contribution in [0.1, 0.15) is 5.56 Å². The van der Waals surface area contributed by atoms with Crippen LogP contribution >= 0.6 is 0 Å². The van der Waals surface area contributed by atoms with Gasteiger partial charge in [0.2, 0.25) is 0 Å². The van der Waals surface area contributed by atoms with Crippen LogP contribution in [0.2, 0.25) is 0 Å². The number of ether oxygens (including phenoxy) is 1. The van der Waals surface area contributed by atoms with E-state index in [4.69, 9.17) is 9.94 Å². The molecule has 12 heavy (non-hydrogen) atoms. The van der Waals surface area contributed by atoms with Gasteiger partial charge < -0.3 is 15.1 Å². The van der Waals surface area contributed by atoms with Gasteiger partial charge in [0.25, 0.3) is 0 Å². The Morgan fingerprint density at radius 2 is 2.25 bits per heavy atom. The first kappa shape index (κ1) is 8.39. The van der Waals surface area contributed by atoms with Crippen LogP contribution in [0.15, 0.2) is 23.4 Å². The van der Waals surface area contributed by atoms with Gasteiger partial charge in [0, 0.05) is 11.6 Å². The maximum absolute atomic E-state index is 9.27. The summed E-state index contributed by atoms with van der Waals surface area (Å²) in [4.78, 5) is 0. The zero-order chi connectivity index (χ0) is 8.97. The largest absolute Gasteiger partial charge is 0.507 e. The van der Waals surface area contributed by atoms with Crippen LogP contribution in [0.25, 0.3) is 0 Å². The molecule has 4 nitrogen and oxygen atoms in total. The normalized spacial score (nSPS) is 10.4. The third-order valence-electron chi connectivity index (χ3n) is 1.43. The lowest BCUT2D eigenvalue weighted by molar-refractivity contribution is 0.321. The molecule has 0 atom stereocenters. The average molecular weight is 167 g/mol. The summed E-state index contributed by atoms with van der Waals surface area (Å²) in [5, 5.41) is 20.3. The highest BCUT2D eigenvalue weighted by atomic mass is 16.5. The maximum Gasteiger partial charge on any atom is 0.128 e. The summed E-state index contributed by atoms with van der Waals surface area (Å²) in [7, 11) is 1.51. The van der Waals surface area contributed by atoms with E-state index >= 15 is 0 Å². The van der Waals surface area contributed by atoms with E-state index in [-0.39, 0.29) is 5.75 Å². The molecule has 0 saturated carbocycles. The molecule has 0 aromatic heterocycles. The lowest BCUT2D eigenvalue weighted by Crippen LogP contribution is -1.85. The number of nitrogens with zero attached hydrogens (tertiary/aromatic N) is 1. The molecule has 4 heteroatoms. The topological polar surface area (TPSA) is 62.0 Å². The lowest BCUT2D eigenvalue weighted by Gasteiger charge is -2.01. The summed E-state index contributed by atoms with van der Waals surface area (Å²) in [5.74, 6) is 0.578. The van der Waals surface area contributed by atoms with E-state index in [0.717, 1.165) is 6.21 Å². The van der Waals surface area contributed by atoms with Gasteiger partial charge in [-0.25, -0.2) is 0 Å². The zero-order valence-electron chi connectivity index (χ0n) is 6.56. The van der Waals surface area contributed by atoms with Crippen molar-refractivity contribution in [3.8, 4) is 11.5 Å². The van der Waals surface area contributed by atoms with Crippen molar-refractivity contribution in [1.82, 2.24) is 0 Å². The third kappa shape index (κ3) is 1.66. The van der Waals surface area contributed by atoms with E-state index in [1.165, 1.54) is 13.2 Å². The first-order valence-electron chi connectivity index (χ1n) is 3.32. The number of hydrogen-bond donors (Lipinski definition) is 2. The summed E-state index contributed by atoms with van der Waals surface area (Å²) in [6, 6.07) is 4.70. The minimum atomic E-state index is 0.0205. The third-order valence-corrected chi connectivity index (χ3v) is 1.43. The second kappa shape index (κ2) is 3.61. The molecule has 2 N–H and O–H groups in total. The molecular weight excluding hydrogens is 158 g/mol. The molecule has 64 valence electrons. The Kier molecular flexibility index (Phi) is 2.53. The molecule has 0 aliphatic rings. The summed E-state index contributed by atoms with van der Waals surface area (Å²) in [6.45, 7) is 0. The van der Waals surface area contributed by atoms with Gasteiger partial charge in [-0.2, -0.15) is 0 Å². The second-order valence-corrected chi connectivity index (χ2v) is 2.17. The van der Waals surface area contributed by atoms with Crippen molar-refractivity contribution in [3.05, 3.63) is 23.8 Å². The van der Waals surface area contributed by atoms with Gasteiger partial charge in [0.1, 0.15) is 11.5 Å². The number of aromatic hydroxyl groups is 1. The van der Waals surface area contributed by atoms with Gasteiger partial charge >= 0.3 is 0 Å². The van der Waals surface area contributed by atoms with Crippen molar-refractivity contribution in [2.24, 2.45) is 5.16 Å². The van der Waals surface area contributed by atoms with Gasteiger partial charge in [-0.05, 0) is 12.1 Å². The van der Waals surface area contributed by atoms with Crippen LogP contribution in [0.4, 0.5) is 0 Å². The summed E-state index contributed by atoms with van der Waals surface area (Å²) in [5.41, 5.74) is 0.443. The van der Waals surface area contributed by atoms with Gasteiger partial charge in [-0.15, -0.1) is 0 Å². The van der Waals surface area contributed by atoms with E-state index in [0.29, 0.717) is 11.3 Å². The summed E-state index contributed by atoms with van der Waals surface area (Å²) < 4.78 is 4.86. The first-order valence-corrected chi connectivity index (χ1v) is 3.32. The Morgan fingerprint density at radius 1 is 1.50 bits per heavy atom. The summed E-state index contributed by atoms with van der Waals surface area (Å²) >= 11 is 0. The number of oxime groups is 1. The monoisotopic (exact) mass is 167 g/mol. The fraction of sp³-hybridized carbons (Fsp3) is 0.125. The highest BCUT2D eigenvalue weighted by Crippen LogP contribution is 2.21. The number of rotatable bonds is 2. The van der Waals surface area contributed by atoms with E-state index in [9.17, 15) is 5.11 Å². The minimum Gasteiger partial charge on any atom is -0.507 e. The average Bonchev–Trinajstić information content (AvgIpc) is 2.09. The second-order valence-electron chi connectivity index (χ2n) is 2.17. The smallest absolute Gasteiger partial charge is 0.128 e. The fourth-order valence-electron chi connectivity index (χ4n) is 0.822. The molecule has 0 amide bonds. The van der Waals surface area contributed by atoms with Crippen molar-refractivity contribution >= 4 is 6.21 Å². The molecule has 0 heterocycles. The Balaban J connectivity index is 3.03. The molecule has 0 unspecified atom stereocenters. The standard InChI is InChI=1S/C8H9NO3/c1-12-7-3-2-6(5-9-11)8(10)4-7/h2-5,10-11H,1H3/b9-5+. The SMILES string of the molecule is COc1ccc(/C=N/O)c(O)c1. The molecule has 1 rings (SSSR count). The Bertz CT molecular complexity index is 296. The predicted octanol–water partition coefficient (Wildman–Crippen LogP) is 1.21. The van der Waals surface area contributed by atoms with Gasteiger partial charge in [-0.1, -0.05) is 5.16 Å². The number of phenols is 1. The van der Waals surface area contributed by atoms with Gasteiger partial charge in [0.15, 0.2) is 0 Å². The maximum atomic E-state index is 9.27. The van der Waals surface area contributed by atoms with Crippen LogP contribution in [0.3, 0.4) is 0 Å². The van der Waals surface area contributed by atoms with Gasteiger partial charge in [0.05, 0.1) is 13.3 Å². The van der Waals surface area contributed by atoms with Crippen molar-refractivity contribution in [3.63, 3.8) is 0 Å². The highest BCUT2D eigenvalue weighted by Gasteiger charge is 1.99. The molecular formula is C8H9NO3. The number of phenolic OH excluding ortho intramolecular Hbond substituents is 1. The van der Waals surface area contributed by atoms with E-state index in [1.807, 2.05) is 0 Å². The van der Waals surface area contributed by atoms with Crippen molar-refractivity contribution in [2.45, 2.75) is 0 Å². The van der Waals surface area contributed by atoms with Gasteiger partial charge in [-0.3, -0.25) is 0 Å². The molecule has 0 bridgehead atoms.